The lowest BCUT2D eigenvalue weighted by atomic mass is 10.2. The number of thioether (sulfide) groups is 1. The van der Waals surface area contributed by atoms with Gasteiger partial charge in [0.2, 0.25) is 0 Å². The van der Waals surface area contributed by atoms with Crippen molar-refractivity contribution in [2.45, 2.75) is 18.2 Å². The molecule has 1 fully saturated rings. The number of hydrogen-bond donors (Lipinski definition) is 0. The standard InChI is InChI=1S/C13H17NO2S3/c1-14(12-7-8-19(15,16)10-12)13(17)18-9-11-5-3-2-4-6-11/h2-6,12H,7-10H2,1H3/t12-/m0/s1. The van der Waals surface area contributed by atoms with Gasteiger partial charge in [0, 0.05) is 18.8 Å². The van der Waals surface area contributed by atoms with Crippen LogP contribution in [0.15, 0.2) is 30.3 Å². The van der Waals surface area contributed by atoms with Crippen molar-refractivity contribution in [1.82, 2.24) is 4.90 Å². The van der Waals surface area contributed by atoms with Gasteiger partial charge >= 0.3 is 0 Å². The Labute approximate surface area is 124 Å². The molecule has 0 amide bonds. The molecule has 1 aliphatic rings. The summed E-state index contributed by atoms with van der Waals surface area (Å²) in [5.74, 6) is 1.34. The Morgan fingerprint density at radius 3 is 2.68 bits per heavy atom. The molecule has 0 bridgehead atoms. The third-order valence-electron chi connectivity index (χ3n) is 3.25. The number of thiocarbonyl (C=S) groups is 1. The van der Waals surface area contributed by atoms with Gasteiger partial charge in [-0.2, -0.15) is 0 Å². The minimum absolute atomic E-state index is 0.0424. The van der Waals surface area contributed by atoms with E-state index in [1.165, 1.54) is 5.56 Å². The molecule has 19 heavy (non-hydrogen) atoms. The van der Waals surface area contributed by atoms with Crippen molar-refractivity contribution in [3.05, 3.63) is 35.9 Å². The third kappa shape index (κ3) is 4.19. The lowest BCUT2D eigenvalue weighted by molar-refractivity contribution is 0.409. The van der Waals surface area contributed by atoms with Crippen LogP contribution in [0, 0.1) is 0 Å². The molecular weight excluding hydrogens is 298 g/mol. The van der Waals surface area contributed by atoms with Crippen LogP contribution in [-0.4, -0.2) is 42.2 Å². The molecule has 1 aromatic carbocycles. The molecule has 1 heterocycles. The van der Waals surface area contributed by atoms with Gasteiger partial charge in [-0.05, 0) is 12.0 Å². The predicted octanol–water partition coefficient (Wildman–Crippen LogP) is 2.32. The van der Waals surface area contributed by atoms with Gasteiger partial charge in [0.25, 0.3) is 0 Å². The van der Waals surface area contributed by atoms with Gasteiger partial charge in [0.05, 0.1) is 11.5 Å². The maximum atomic E-state index is 11.5. The molecule has 0 N–H and O–H groups in total. The topological polar surface area (TPSA) is 37.4 Å². The van der Waals surface area contributed by atoms with Gasteiger partial charge in [0.15, 0.2) is 9.84 Å². The summed E-state index contributed by atoms with van der Waals surface area (Å²) >= 11 is 6.97. The summed E-state index contributed by atoms with van der Waals surface area (Å²) in [6, 6.07) is 10.2. The first kappa shape index (κ1) is 14.8. The molecule has 0 unspecified atom stereocenters. The van der Waals surface area contributed by atoms with Crippen LogP contribution < -0.4 is 0 Å². The Hall–Kier alpha value is -0.590. The van der Waals surface area contributed by atoms with Crippen molar-refractivity contribution in [1.29, 1.82) is 0 Å². The normalized spacial score (nSPS) is 21.2. The lowest BCUT2D eigenvalue weighted by Crippen LogP contribution is -2.35. The van der Waals surface area contributed by atoms with Gasteiger partial charge in [-0.15, -0.1) is 0 Å². The van der Waals surface area contributed by atoms with Gasteiger partial charge in [-0.25, -0.2) is 8.42 Å². The van der Waals surface area contributed by atoms with E-state index in [4.69, 9.17) is 12.2 Å². The fourth-order valence-electron chi connectivity index (χ4n) is 2.05. The Balaban J connectivity index is 1.87. The van der Waals surface area contributed by atoms with Crippen LogP contribution in [0.1, 0.15) is 12.0 Å². The van der Waals surface area contributed by atoms with Gasteiger partial charge < -0.3 is 4.90 Å². The lowest BCUT2D eigenvalue weighted by Gasteiger charge is -2.25. The van der Waals surface area contributed by atoms with Crippen molar-refractivity contribution in [2.24, 2.45) is 0 Å². The fourth-order valence-corrected chi connectivity index (χ4v) is 4.99. The minimum Gasteiger partial charge on any atom is -0.357 e. The Bertz CT molecular complexity index is 542. The van der Waals surface area contributed by atoms with Crippen LogP contribution in [0.4, 0.5) is 0 Å². The summed E-state index contributed by atoms with van der Waals surface area (Å²) in [6.45, 7) is 0. The van der Waals surface area contributed by atoms with Crippen LogP contribution in [0.3, 0.4) is 0 Å². The highest BCUT2D eigenvalue weighted by atomic mass is 32.2. The molecule has 3 nitrogen and oxygen atoms in total. The van der Waals surface area contributed by atoms with Crippen LogP contribution in [0.5, 0.6) is 0 Å². The van der Waals surface area contributed by atoms with Gasteiger partial charge in [0.1, 0.15) is 4.32 Å². The van der Waals surface area contributed by atoms with Crippen LogP contribution in [0.2, 0.25) is 0 Å². The molecular formula is C13H17NO2S3. The summed E-state index contributed by atoms with van der Waals surface area (Å²) in [7, 11) is -0.957. The van der Waals surface area contributed by atoms with E-state index in [1.54, 1.807) is 11.8 Å². The van der Waals surface area contributed by atoms with Gasteiger partial charge in [-0.3, -0.25) is 0 Å². The first-order valence-corrected chi connectivity index (χ1v) is 9.33. The first-order valence-electron chi connectivity index (χ1n) is 6.12. The van der Waals surface area contributed by atoms with Crippen molar-refractivity contribution in [3.8, 4) is 0 Å². The largest absolute Gasteiger partial charge is 0.357 e. The number of sulfone groups is 1. The van der Waals surface area contributed by atoms with E-state index < -0.39 is 9.84 Å². The van der Waals surface area contributed by atoms with E-state index in [9.17, 15) is 8.42 Å². The van der Waals surface area contributed by atoms with Gasteiger partial charge in [-0.1, -0.05) is 54.3 Å². The van der Waals surface area contributed by atoms with E-state index in [-0.39, 0.29) is 17.5 Å². The Kier molecular flexibility index (Phi) is 4.86. The van der Waals surface area contributed by atoms with E-state index >= 15 is 0 Å². The zero-order valence-corrected chi connectivity index (χ0v) is 13.2. The number of benzene rings is 1. The van der Waals surface area contributed by atoms with E-state index in [0.29, 0.717) is 6.42 Å². The molecule has 0 saturated carbocycles. The zero-order chi connectivity index (χ0) is 13.9. The molecule has 1 atom stereocenters. The maximum Gasteiger partial charge on any atom is 0.152 e. The highest BCUT2D eigenvalue weighted by Crippen LogP contribution is 2.22. The summed E-state index contributed by atoms with van der Waals surface area (Å²) in [4.78, 5) is 1.94. The highest BCUT2D eigenvalue weighted by Gasteiger charge is 2.31. The summed E-state index contributed by atoms with van der Waals surface area (Å²) in [5, 5.41) is 0. The van der Waals surface area contributed by atoms with Crippen molar-refractivity contribution in [2.75, 3.05) is 18.6 Å². The van der Waals surface area contributed by atoms with E-state index in [1.807, 2.05) is 30.1 Å². The van der Waals surface area contributed by atoms with Crippen molar-refractivity contribution >= 4 is 38.1 Å². The number of nitrogens with zero attached hydrogens (tertiary/aromatic N) is 1. The second-order valence-electron chi connectivity index (χ2n) is 4.71. The molecule has 0 aliphatic carbocycles. The Morgan fingerprint density at radius 1 is 1.42 bits per heavy atom. The summed E-state index contributed by atoms with van der Waals surface area (Å²) in [6.07, 6.45) is 0.685. The summed E-state index contributed by atoms with van der Waals surface area (Å²) < 4.78 is 23.7. The fraction of sp³-hybridized carbons (Fsp3) is 0.462. The van der Waals surface area contributed by atoms with E-state index in [2.05, 4.69) is 12.1 Å². The smallest absolute Gasteiger partial charge is 0.152 e. The number of rotatable bonds is 3. The van der Waals surface area contributed by atoms with E-state index in [0.717, 1.165) is 10.1 Å². The molecule has 1 aliphatic heterocycles. The average molecular weight is 315 g/mol. The molecule has 6 heteroatoms. The molecule has 1 aromatic rings. The quantitative estimate of drug-likeness (QED) is 0.800. The number of hydrogen-bond acceptors (Lipinski definition) is 4. The second-order valence-corrected chi connectivity index (χ2v) is 8.55. The SMILES string of the molecule is CN(C(=S)SCc1ccccc1)[C@H]1CCS(=O)(=O)C1. The summed E-state index contributed by atoms with van der Waals surface area (Å²) in [5.41, 5.74) is 1.22. The van der Waals surface area contributed by atoms with Crippen LogP contribution in [0.25, 0.3) is 0 Å². The molecule has 104 valence electrons. The second kappa shape index (κ2) is 6.24. The molecule has 1 saturated heterocycles. The highest BCUT2D eigenvalue weighted by molar-refractivity contribution is 8.22. The zero-order valence-electron chi connectivity index (χ0n) is 10.8. The molecule has 0 radical (unpaired) electrons. The molecule has 0 aromatic heterocycles. The average Bonchev–Trinajstić information content (AvgIpc) is 2.76. The van der Waals surface area contributed by atoms with Crippen molar-refractivity contribution in [3.63, 3.8) is 0 Å². The molecule has 0 spiro atoms. The minimum atomic E-state index is -2.85. The Morgan fingerprint density at radius 2 is 2.11 bits per heavy atom. The predicted molar refractivity (Wildman–Crippen MR) is 85.2 cm³/mol. The van der Waals surface area contributed by atoms with Crippen LogP contribution in [-0.2, 0) is 15.6 Å². The third-order valence-corrected chi connectivity index (χ3v) is 6.65. The van der Waals surface area contributed by atoms with Crippen molar-refractivity contribution < 1.29 is 8.42 Å². The van der Waals surface area contributed by atoms with Crippen LogP contribution >= 0.6 is 24.0 Å². The maximum absolute atomic E-state index is 11.5. The first-order chi connectivity index (χ1) is 8.98. The molecule has 2 rings (SSSR count). The monoisotopic (exact) mass is 315 g/mol.